The Morgan fingerprint density at radius 3 is 2.86 bits per heavy atom. The molecule has 1 heterocycles. The minimum absolute atomic E-state index is 0.0911. The quantitative estimate of drug-likeness (QED) is 0.654. The highest BCUT2D eigenvalue weighted by molar-refractivity contribution is 5.82. The third-order valence-corrected chi connectivity index (χ3v) is 2.80. The van der Waals surface area contributed by atoms with Gasteiger partial charge in [0, 0.05) is 25.2 Å². The first-order chi connectivity index (χ1) is 6.56. The molecule has 1 aliphatic heterocycles. The van der Waals surface area contributed by atoms with Gasteiger partial charge in [-0.05, 0) is 20.3 Å². The zero-order valence-corrected chi connectivity index (χ0v) is 9.29. The molecule has 3 N–H and O–H groups in total. The van der Waals surface area contributed by atoms with Gasteiger partial charge in [-0.3, -0.25) is 4.79 Å². The van der Waals surface area contributed by atoms with Crippen LogP contribution in [0, 0.1) is 0 Å². The summed E-state index contributed by atoms with van der Waals surface area (Å²) in [7, 11) is 0. The largest absolute Gasteiger partial charge is 0.336 e. The molecule has 0 aromatic heterocycles. The molecule has 4 nitrogen and oxygen atoms in total. The molecule has 1 saturated heterocycles. The summed E-state index contributed by atoms with van der Waals surface area (Å²) >= 11 is 0. The normalized spacial score (nSPS) is 30.1. The van der Waals surface area contributed by atoms with Crippen LogP contribution >= 0.6 is 0 Å². The van der Waals surface area contributed by atoms with Crippen molar-refractivity contribution in [3.05, 3.63) is 0 Å². The molecule has 14 heavy (non-hydrogen) atoms. The number of amides is 1. The van der Waals surface area contributed by atoms with E-state index in [1.54, 1.807) is 0 Å². The Balaban J connectivity index is 2.60. The lowest BCUT2D eigenvalue weighted by atomic mass is 10.1. The van der Waals surface area contributed by atoms with Gasteiger partial charge in [0.1, 0.15) is 0 Å². The minimum atomic E-state index is -0.331. The molecular weight excluding hydrogens is 178 g/mol. The van der Waals surface area contributed by atoms with Crippen LogP contribution in [0.15, 0.2) is 0 Å². The van der Waals surface area contributed by atoms with Gasteiger partial charge < -0.3 is 16.0 Å². The fourth-order valence-corrected chi connectivity index (χ4v) is 1.72. The summed E-state index contributed by atoms with van der Waals surface area (Å²) in [6.45, 7) is 7.72. The molecule has 3 unspecified atom stereocenters. The highest BCUT2D eigenvalue weighted by Crippen LogP contribution is 2.08. The zero-order chi connectivity index (χ0) is 10.7. The average molecular weight is 199 g/mol. The van der Waals surface area contributed by atoms with Crippen LogP contribution in [0.4, 0.5) is 0 Å². The van der Waals surface area contributed by atoms with Crippen molar-refractivity contribution in [2.24, 2.45) is 5.73 Å². The van der Waals surface area contributed by atoms with Gasteiger partial charge in [-0.25, -0.2) is 0 Å². The van der Waals surface area contributed by atoms with Gasteiger partial charge in [-0.15, -0.1) is 0 Å². The maximum atomic E-state index is 11.9. The minimum Gasteiger partial charge on any atom is -0.336 e. The molecule has 0 aromatic rings. The average Bonchev–Trinajstić information content (AvgIpc) is 2.19. The van der Waals surface area contributed by atoms with Crippen LogP contribution < -0.4 is 11.1 Å². The summed E-state index contributed by atoms with van der Waals surface area (Å²) in [5, 5.41) is 3.34. The van der Waals surface area contributed by atoms with E-state index in [9.17, 15) is 4.79 Å². The number of nitrogens with two attached hydrogens (primary N) is 1. The first-order valence-electron chi connectivity index (χ1n) is 5.35. The standard InChI is InChI=1S/C10H21N3O/c1-4-9(11)10(14)13-6-7(2)12-5-8(13)3/h7-9,12H,4-6,11H2,1-3H3. The molecule has 0 saturated carbocycles. The highest BCUT2D eigenvalue weighted by atomic mass is 16.2. The predicted octanol–water partition coefficient (Wildman–Crippen LogP) is -0.0675. The number of nitrogens with one attached hydrogen (secondary N) is 1. The molecule has 0 spiro atoms. The van der Waals surface area contributed by atoms with Crippen LogP contribution in [0.5, 0.6) is 0 Å². The fraction of sp³-hybridized carbons (Fsp3) is 0.900. The number of hydrogen-bond donors (Lipinski definition) is 2. The molecule has 0 bridgehead atoms. The summed E-state index contributed by atoms with van der Waals surface area (Å²) in [6.07, 6.45) is 0.712. The Kier molecular flexibility index (Phi) is 3.89. The lowest BCUT2D eigenvalue weighted by Gasteiger charge is -2.38. The second-order valence-corrected chi connectivity index (χ2v) is 4.16. The molecule has 3 atom stereocenters. The second-order valence-electron chi connectivity index (χ2n) is 4.16. The lowest BCUT2D eigenvalue weighted by molar-refractivity contribution is -0.136. The van der Waals surface area contributed by atoms with E-state index in [0.717, 1.165) is 13.1 Å². The number of nitrogens with zero attached hydrogens (tertiary/aromatic N) is 1. The summed E-state index contributed by atoms with van der Waals surface area (Å²) in [5.74, 6) is 0.0911. The van der Waals surface area contributed by atoms with Crippen molar-refractivity contribution in [1.82, 2.24) is 10.2 Å². The van der Waals surface area contributed by atoms with E-state index in [1.807, 2.05) is 11.8 Å². The van der Waals surface area contributed by atoms with Crippen molar-refractivity contribution < 1.29 is 4.79 Å². The summed E-state index contributed by atoms with van der Waals surface area (Å²) in [6, 6.07) is 0.304. The molecule has 82 valence electrons. The maximum absolute atomic E-state index is 11.9. The van der Waals surface area contributed by atoms with E-state index >= 15 is 0 Å². The van der Waals surface area contributed by atoms with Gasteiger partial charge in [0.05, 0.1) is 6.04 Å². The van der Waals surface area contributed by atoms with Gasteiger partial charge in [-0.1, -0.05) is 6.92 Å². The number of carbonyl (C=O) groups excluding carboxylic acids is 1. The van der Waals surface area contributed by atoms with E-state index in [1.165, 1.54) is 0 Å². The smallest absolute Gasteiger partial charge is 0.239 e. The molecule has 4 heteroatoms. The van der Waals surface area contributed by atoms with Crippen LogP contribution in [0.1, 0.15) is 27.2 Å². The Hall–Kier alpha value is -0.610. The molecule has 1 amide bonds. The van der Waals surface area contributed by atoms with Crippen LogP contribution in [0.2, 0.25) is 0 Å². The molecule has 0 aliphatic carbocycles. The number of hydrogen-bond acceptors (Lipinski definition) is 3. The van der Waals surface area contributed by atoms with Crippen LogP contribution in [-0.2, 0) is 4.79 Å². The Morgan fingerprint density at radius 2 is 2.29 bits per heavy atom. The molecule has 1 fully saturated rings. The Morgan fingerprint density at radius 1 is 1.64 bits per heavy atom. The van der Waals surface area contributed by atoms with Crippen molar-refractivity contribution in [2.45, 2.75) is 45.3 Å². The molecule has 0 aromatic carbocycles. The fourth-order valence-electron chi connectivity index (χ4n) is 1.72. The van der Waals surface area contributed by atoms with Crippen molar-refractivity contribution in [3.8, 4) is 0 Å². The van der Waals surface area contributed by atoms with Gasteiger partial charge in [0.25, 0.3) is 0 Å². The summed E-state index contributed by atoms with van der Waals surface area (Å²) in [4.78, 5) is 13.8. The van der Waals surface area contributed by atoms with Crippen LogP contribution in [0.25, 0.3) is 0 Å². The molecule has 1 aliphatic rings. The highest BCUT2D eigenvalue weighted by Gasteiger charge is 2.28. The molecule has 0 radical (unpaired) electrons. The van der Waals surface area contributed by atoms with Gasteiger partial charge >= 0.3 is 0 Å². The van der Waals surface area contributed by atoms with E-state index in [4.69, 9.17) is 5.73 Å². The van der Waals surface area contributed by atoms with Crippen molar-refractivity contribution in [3.63, 3.8) is 0 Å². The van der Waals surface area contributed by atoms with Gasteiger partial charge in [-0.2, -0.15) is 0 Å². The predicted molar refractivity (Wildman–Crippen MR) is 56.9 cm³/mol. The summed E-state index contributed by atoms with van der Waals surface area (Å²) < 4.78 is 0. The third kappa shape index (κ3) is 2.45. The molecule has 1 rings (SSSR count). The SMILES string of the molecule is CCC(N)C(=O)N1CC(C)NCC1C. The van der Waals surface area contributed by atoms with E-state index < -0.39 is 0 Å². The monoisotopic (exact) mass is 199 g/mol. The third-order valence-electron chi connectivity index (χ3n) is 2.80. The summed E-state index contributed by atoms with van der Waals surface area (Å²) in [5.41, 5.74) is 5.74. The molecular formula is C10H21N3O. The van der Waals surface area contributed by atoms with Crippen molar-refractivity contribution >= 4 is 5.91 Å². The van der Waals surface area contributed by atoms with Crippen LogP contribution in [0.3, 0.4) is 0 Å². The van der Waals surface area contributed by atoms with E-state index in [-0.39, 0.29) is 18.0 Å². The van der Waals surface area contributed by atoms with Crippen LogP contribution in [-0.4, -0.2) is 42.0 Å². The van der Waals surface area contributed by atoms with Crippen molar-refractivity contribution in [1.29, 1.82) is 0 Å². The van der Waals surface area contributed by atoms with E-state index in [0.29, 0.717) is 12.5 Å². The van der Waals surface area contributed by atoms with Crippen molar-refractivity contribution in [2.75, 3.05) is 13.1 Å². The maximum Gasteiger partial charge on any atom is 0.239 e. The number of rotatable bonds is 2. The first-order valence-corrected chi connectivity index (χ1v) is 5.35. The Bertz CT molecular complexity index is 208. The topological polar surface area (TPSA) is 58.4 Å². The van der Waals surface area contributed by atoms with Gasteiger partial charge in [0.2, 0.25) is 5.91 Å². The lowest BCUT2D eigenvalue weighted by Crippen LogP contribution is -2.59. The van der Waals surface area contributed by atoms with Gasteiger partial charge in [0.15, 0.2) is 0 Å². The van der Waals surface area contributed by atoms with E-state index in [2.05, 4.69) is 19.2 Å². The second kappa shape index (κ2) is 4.75. The number of carbonyl (C=O) groups is 1. The first kappa shape index (κ1) is 11.5. The zero-order valence-electron chi connectivity index (χ0n) is 9.29. The Labute approximate surface area is 85.8 Å². The number of piperazine rings is 1.